The zero-order chi connectivity index (χ0) is 13.8. The van der Waals surface area contributed by atoms with Crippen molar-refractivity contribution in [2.75, 3.05) is 0 Å². The van der Waals surface area contributed by atoms with Crippen LogP contribution in [0.5, 0.6) is 0 Å². The van der Waals surface area contributed by atoms with Gasteiger partial charge in [-0.15, -0.1) is 0 Å². The third-order valence-corrected chi connectivity index (χ3v) is 4.16. The number of hydrogen-bond acceptors (Lipinski definition) is 3. The highest BCUT2D eigenvalue weighted by atomic mass is 16.4. The Morgan fingerprint density at radius 3 is 2.47 bits per heavy atom. The maximum absolute atomic E-state index is 9.59. The quantitative estimate of drug-likeness (QED) is 0.812. The predicted octanol–water partition coefficient (Wildman–Crippen LogP) is 1.85. The van der Waals surface area contributed by atoms with Crippen molar-refractivity contribution in [2.45, 2.75) is 51.4 Å². The summed E-state index contributed by atoms with van der Waals surface area (Å²) in [6.07, 6.45) is 6.56. The van der Waals surface area contributed by atoms with E-state index in [4.69, 9.17) is 0 Å². The zero-order valence-corrected chi connectivity index (χ0v) is 11.4. The molecular formula is C15H20BNO2. The van der Waals surface area contributed by atoms with E-state index in [1.807, 2.05) is 6.92 Å². The first-order chi connectivity index (χ1) is 9.19. The summed E-state index contributed by atoms with van der Waals surface area (Å²) in [5.41, 5.74) is 3.28. The Morgan fingerprint density at radius 2 is 1.95 bits per heavy atom. The van der Waals surface area contributed by atoms with Crippen LogP contribution in [-0.2, 0) is 6.42 Å². The minimum absolute atomic E-state index is 0.369. The smallest absolute Gasteiger partial charge is 0.423 e. The molecule has 1 saturated carbocycles. The van der Waals surface area contributed by atoms with E-state index in [0.29, 0.717) is 16.9 Å². The lowest BCUT2D eigenvalue weighted by Crippen LogP contribution is -2.35. The summed E-state index contributed by atoms with van der Waals surface area (Å²) in [4.78, 5) is 0. The van der Waals surface area contributed by atoms with Gasteiger partial charge in [0.2, 0.25) is 0 Å². The third-order valence-electron chi connectivity index (χ3n) is 4.16. The van der Waals surface area contributed by atoms with Crippen molar-refractivity contribution in [1.29, 1.82) is 5.26 Å². The molecule has 0 bridgehead atoms. The molecule has 2 N–H and O–H groups in total. The molecule has 0 aliphatic heterocycles. The Kier molecular flexibility index (Phi) is 4.63. The fraction of sp³-hybridized carbons (Fsp3) is 0.533. The van der Waals surface area contributed by atoms with Gasteiger partial charge in [-0.1, -0.05) is 32.3 Å². The van der Waals surface area contributed by atoms with Gasteiger partial charge in [0.25, 0.3) is 0 Å². The molecule has 0 heterocycles. The number of hydrogen-bond donors (Lipinski definition) is 2. The van der Waals surface area contributed by atoms with Crippen LogP contribution >= 0.6 is 0 Å². The minimum Gasteiger partial charge on any atom is -0.423 e. The summed E-state index contributed by atoms with van der Waals surface area (Å²) < 4.78 is 0. The largest absolute Gasteiger partial charge is 0.488 e. The molecule has 0 atom stereocenters. The molecule has 0 spiro atoms. The normalized spacial score (nSPS) is 16.1. The van der Waals surface area contributed by atoms with Crippen molar-refractivity contribution in [3.8, 4) is 6.07 Å². The van der Waals surface area contributed by atoms with Gasteiger partial charge in [-0.25, -0.2) is 0 Å². The van der Waals surface area contributed by atoms with Gasteiger partial charge in [-0.05, 0) is 47.8 Å². The zero-order valence-electron chi connectivity index (χ0n) is 11.4. The molecule has 1 aliphatic rings. The first-order valence-electron chi connectivity index (χ1n) is 7.11. The van der Waals surface area contributed by atoms with Gasteiger partial charge in [0.15, 0.2) is 0 Å². The van der Waals surface area contributed by atoms with Crippen LogP contribution in [0.4, 0.5) is 0 Å². The van der Waals surface area contributed by atoms with Crippen LogP contribution in [0.15, 0.2) is 12.1 Å². The molecule has 0 saturated heterocycles. The van der Waals surface area contributed by atoms with Crippen LogP contribution in [0.2, 0.25) is 0 Å². The van der Waals surface area contributed by atoms with Crippen LogP contribution in [-0.4, -0.2) is 17.2 Å². The van der Waals surface area contributed by atoms with E-state index in [2.05, 4.69) is 6.07 Å². The van der Waals surface area contributed by atoms with E-state index in [9.17, 15) is 15.3 Å². The second kappa shape index (κ2) is 6.23. The van der Waals surface area contributed by atoms with E-state index in [0.717, 1.165) is 30.4 Å². The van der Waals surface area contributed by atoms with Crippen molar-refractivity contribution >= 4 is 12.6 Å². The van der Waals surface area contributed by atoms with Crippen LogP contribution in [0.3, 0.4) is 0 Å². The molecular weight excluding hydrogens is 237 g/mol. The molecule has 1 aromatic carbocycles. The SMILES string of the molecule is CCc1c(C#N)ccc(B(O)O)c1C1CCCCC1. The third kappa shape index (κ3) is 2.83. The summed E-state index contributed by atoms with van der Waals surface area (Å²) in [5.74, 6) is 0.369. The van der Waals surface area contributed by atoms with Gasteiger partial charge in [0.1, 0.15) is 0 Å². The average molecular weight is 257 g/mol. The fourth-order valence-corrected chi connectivity index (χ4v) is 3.27. The van der Waals surface area contributed by atoms with Crippen molar-refractivity contribution in [3.05, 3.63) is 28.8 Å². The van der Waals surface area contributed by atoms with Crippen molar-refractivity contribution in [2.24, 2.45) is 0 Å². The number of nitrogens with zero attached hydrogens (tertiary/aromatic N) is 1. The summed E-state index contributed by atoms with van der Waals surface area (Å²) in [7, 11) is -1.45. The van der Waals surface area contributed by atoms with E-state index in [-0.39, 0.29) is 0 Å². The van der Waals surface area contributed by atoms with Crippen LogP contribution in [0.1, 0.15) is 61.6 Å². The monoisotopic (exact) mass is 257 g/mol. The van der Waals surface area contributed by atoms with Crippen molar-refractivity contribution < 1.29 is 10.0 Å². The molecule has 3 nitrogen and oxygen atoms in total. The van der Waals surface area contributed by atoms with Gasteiger partial charge in [0.05, 0.1) is 11.6 Å². The summed E-state index contributed by atoms with van der Waals surface area (Å²) in [6, 6.07) is 5.64. The summed E-state index contributed by atoms with van der Waals surface area (Å²) in [5, 5.41) is 28.4. The van der Waals surface area contributed by atoms with Crippen LogP contribution in [0, 0.1) is 11.3 Å². The Morgan fingerprint density at radius 1 is 1.26 bits per heavy atom. The second-order valence-corrected chi connectivity index (χ2v) is 5.27. The van der Waals surface area contributed by atoms with Gasteiger partial charge < -0.3 is 10.0 Å². The Balaban J connectivity index is 2.55. The fourth-order valence-electron chi connectivity index (χ4n) is 3.27. The topological polar surface area (TPSA) is 64.2 Å². The van der Waals surface area contributed by atoms with Gasteiger partial charge in [-0.3, -0.25) is 0 Å². The van der Waals surface area contributed by atoms with E-state index < -0.39 is 7.12 Å². The van der Waals surface area contributed by atoms with E-state index in [1.165, 1.54) is 19.3 Å². The minimum atomic E-state index is -1.45. The highest BCUT2D eigenvalue weighted by molar-refractivity contribution is 6.59. The lowest BCUT2D eigenvalue weighted by atomic mass is 9.68. The van der Waals surface area contributed by atoms with Gasteiger partial charge in [0, 0.05) is 0 Å². The van der Waals surface area contributed by atoms with Gasteiger partial charge >= 0.3 is 7.12 Å². The van der Waals surface area contributed by atoms with Crippen molar-refractivity contribution in [3.63, 3.8) is 0 Å². The molecule has 4 heteroatoms. The average Bonchev–Trinajstić information content (AvgIpc) is 2.46. The van der Waals surface area contributed by atoms with Crippen LogP contribution < -0.4 is 5.46 Å². The number of nitriles is 1. The Bertz CT molecular complexity index is 488. The molecule has 0 amide bonds. The van der Waals surface area contributed by atoms with E-state index >= 15 is 0 Å². The molecule has 100 valence electrons. The highest BCUT2D eigenvalue weighted by Crippen LogP contribution is 2.34. The highest BCUT2D eigenvalue weighted by Gasteiger charge is 2.27. The van der Waals surface area contributed by atoms with Crippen LogP contribution in [0.25, 0.3) is 0 Å². The molecule has 0 unspecified atom stereocenters. The Hall–Kier alpha value is -1.31. The predicted molar refractivity (Wildman–Crippen MR) is 76.2 cm³/mol. The maximum atomic E-state index is 9.59. The molecule has 1 aliphatic carbocycles. The number of rotatable bonds is 3. The summed E-state index contributed by atoms with van der Waals surface area (Å²) in [6.45, 7) is 2.02. The first-order valence-corrected chi connectivity index (χ1v) is 7.11. The molecule has 1 fully saturated rings. The van der Waals surface area contributed by atoms with E-state index in [1.54, 1.807) is 12.1 Å². The summed E-state index contributed by atoms with van der Waals surface area (Å²) >= 11 is 0. The first kappa shape index (κ1) is 14.1. The molecule has 0 aromatic heterocycles. The molecule has 2 rings (SSSR count). The lowest BCUT2D eigenvalue weighted by molar-refractivity contribution is 0.419. The number of benzene rings is 1. The standard InChI is InChI=1S/C15H20BNO2/c1-2-13-12(10-17)8-9-14(16(18)19)15(13)11-6-4-3-5-7-11/h8-9,11,18-19H,2-7H2,1H3. The molecule has 0 radical (unpaired) electrons. The second-order valence-electron chi connectivity index (χ2n) is 5.27. The van der Waals surface area contributed by atoms with Crippen molar-refractivity contribution in [1.82, 2.24) is 0 Å². The molecule has 1 aromatic rings. The lowest BCUT2D eigenvalue weighted by Gasteiger charge is -2.27. The van der Waals surface area contributed by atoms with Gasteiger partial charge in [-0.2, -0.15) is 5.26 Å². The Labute approximate surface area is 115 Å². The molecule has 19 heavy (non-hydrogen) atoms. The maximum Gasteiger partial charge on any atom is 0.488 e.